The average Bonchev–Trinajstić information content (AvgIpc) is 3.08. The number of aryl methyl sites for hydroxylation is 2. The summed E-state index contributed by atoms with van der Waals surface area (Å²) in [4.78, 5) is 26.4. The van der Waals surface area contributed by atoms with Crippen molar-refractivity contribution in [3.8, 4) is 11.3 Å². The lowest BCUT2D eigenvalue weighted by atomic mass is 10.1. The van der Waals surface area contributed by atoms with Crippen LogP contribution in [0.4, 0.5) is 4.39 Å². The zero-order valence-corrected chi connectivity index (χ0v) is 17.5. The quantitative estimate of drug-likeness (QED) is 0.536. The Hall–Kier alpha value is -3.19. The maximum absolute atomic E-state index is 14.3. The molecule has 0 spiro atoms. The first-order valence-electron chi connectivity index (χ1n) is 9.15. The summed E-state index contributed by atoms with van der Waals surface area (Å²) in [6.07, 6.45) is 0. The number of carbonyl (C=O) groups excluding carboxylic acids is 2. The van der Waals surface area contributed by atoms with Crippen molar-refractivity contribution in [2.75, 3.05) is 13.7 Å². The van der Waals surface area contributed by atoms with Gasteiger partial charge in [-0.3, -0.25) is 4.79 Å². The number of likely N-dealkylation sites (N-methyl/N-ethyl adjacent to an activating group) is 1. The molecular weight excluding hydrogens is 411 g/mol. The van der Waals surface area contributed by atoms with E-state index in [1.807, 2.05) is 31.2 Å². The van der Waals surface area contributed by atoms with Gasteiger partial charge in [-0.1, -0.05) is 52.7 Å². The van der Waals surface area contributed by atoms with Gasteiger partial charge in [0.2, 0.25) is 0 Å². The number of aromatic nitrogens is 1. The number of amides is 1. The van der Waals surface area contributed by atoms with Crippen LogP contribution in [0, 0.1) is 19.7 Å². The van der Waals surface area contributed by atoms with E-state index >= 15 is 0 Å². The molecule has 0 aliphatic carbocycles. The van der Waals surface area contributed by atoms with Crippen LogP contribution < -0.4 is 0 Å². The van der Waals surface area contributed by atoms with E-state index in [0.717, 1.165) is 11.1 Å². The van der Waals surface area contributed by atoms with E-state index in [0.29, 0.717) is 6.54 Å². The summed E-state index contributed by atoms with van der Waals surface area (Å²) in [5.74, 6) is -1.75. The summed E-state index contributed by atoms with van der Waals surface area (Å²) in [5, 5.41) is 3.83. The van der Waals surface area contributed by atoms with Crippen molar-refractivity contribution in [3.63, 3.8) is 0 Å². The second-order valence-electron chi connectivity index (χ2n) is 6.87. The summed E-state index contributed by atoms with van der Waals surface area (Å²) in [6, 6.07) is 11.9. The molecule has 6 nitrogen and oxygen atoms in total. The Morgan fingerprint density at radius 1 is 1.17 bits per heavy atom. The van der Waals surface area contributed by atoms with Crippen LogP contribution in [0.2, 0.25) is 5.02 Å². The van der Waals surface area contributed by atoms with Crippen LogP contribution in [0.1, 0.15) is 27.2 Å². The molecule has 2 aromatic carbocycles. The number of benzene rings is 2. The Labute approximate surface area is 178 Å². The van der Waals surface area contributed by atoms with Crippen molar-refractivity contribution in [1.29, 1.82) is 0 Å². The first-order valence-corrected chi connectivity index (χ1v) is 9.53. The highest BCUT2D eigenvalue weighted by Crippen LogP contribution is 2.33. The number of hydrogen-bond donors (Lipinski definition) is 0. The van der Waals surface area contributed by atoms with Gasteiger partial charge < -0.3 is 14.2 Å². The molecule has 0 N–H and O–H groups in total. The molecule has 0 unspecified atom stereocenters. The zero-order chi connectivity index (χ0) is 21.8. The predicted octanol–water partition coefficient (Wildman–Crippen LogP) is 4.57. The van der Waals surface area contributed by atoms with Gasteiger partial charge >= 0.3 is 5.97 Å². The summed E-state index contributed by atoms with van der Waals surface area (Å²) >= 11 is 6.07. The molecule has 0 saturated heterocycles. The second-order valence-corrected chi connectivity index (χ2v) is 7.28. The molecule has 0 radical (unpaired) electrons. The minimum absolute atomic E-state index is 0.0641. The molecule has 0 fully saturated rings. The van der Waals surface area contributed by atoms with Crippen LogP contribution in [0.5, 0.6) is 0 Å². The summed E-state index contributed by atoms with van der Waals surface area (Å²) in [6.45, 7) is 3.37. The van der Waals surface area contributed by atoms with E-state index < -0.39 is 18.4 Å². The van der Waals surface area contributed by atoms with E-state index in [1.165, 1.54) is 30.0 Å². The zero-order valence-electron chi connectivity index (χ0n) is 16.7. The molecule has 3 rings (SSSR count). The lowest BCUT2D eigenvalue weighted by molar-refractivity contribution is -0.133. The number of rotatable bonds is 6. The van der Waals surface area contributed by atoms with Gasteiger partial charge in [0.1, 0.15) is 22.8 Å². The number of nitrogens with zero attached hydrogens (tertiary/aromatic N) is 2. The van der Waals surface area contributed by atoms with Gasteiger partial charge in [0.25, 0.3) is 5.91 Å². The highest BCUT2D eigenvalue weighted by atomic mass is 35.5. The van der Waals surface area contributed by atoms with E-state index in [1.54, 1.807) is 7.05 Å². The Morgan fingerprint density at radius 2 is 1.87 bits per heavy atom. The molecule has 0 bridgehead atoms. The normalized spacial score (nSPS) is 10.7. The second kappa shape index (κ2) is 9.09. The van der Waals surface area contributed by atoms with Crippen molar-refractivity contribution in [2.45, 2.75) is 20.4 Å². The molecule has 1 heterocycles. The molecule has 0 aliphatic rings. The maximum Gasteiger partial charge on any atom is 0.344 e. The van der Waals surface area contributed by atoms with Gasteiger partial charge in [0, 0.05) is 13.6 Å². The van der Waals surface area contributed by atoms with Gasteiger partial charge in [0.05, 0.1) is 10.6 Å². The molecule has 156 valence electrons. The molecule has 3 aromatic rings. The maximum atomic E-state index is 14.3. The monoisotopic (exact) mass is 430 g/mol. The molecule has 1 aromatic heterocycles. The topological polar surface area (TPSA) is 72.6 Å². The molecule has 0 aliphatic heterocycles. The van der Waals surface area contributed by atoms with Crippen LogP contribution in [-0.2, 0) is 16.1 Å². The predicted molar refractivity (Wildman–Crippen MR) is 110 cm³/mol. The highest BCUT2D eigenvalue weighted by molar-refractivity contribution is 6.33. The number of ether oxygens (including phenoxy) is 1. The van der Waals surface area contributed by atoms with Gasteiger partial charge in [-0.15, -0.1) is 0 Å². The van der Waals surface area contributed by atoms with Crippen molar-refractivity contribution >= 4 is 23.5 Å². The van der Waals surface area contributed by atoms with E-state index in [2.05, 4.69) is 5.16 Å². The number of esters is 1. The SMILES string of the molecule is Cc1ccc(CN(C)C(=O)COC(=O)c2c(-c3c(F)cccc3Cl)noc2C)cc1. The summed E-state index contributed by atoms with van der Waals surface area (Å²) < 4.78 is 24.5. The minimum Gasteiger partial charge on any atom is -0.452 e. The largest absolute Gasteiger partial charge is 0.452 e. The first kappa shape index (κ1) is 21.5. The van der Waals surface area contributed by atoms with Crippen molar-refractivity contribution in [2.24, 2.45) is 0 Å². The number of carbonyl (C=O) groups is 2. The molecule has 0 atom stereocenters. The first-order chi connectivity index (χ1) is 14.3. The Morgan fingerprint density at radius 3 is 2.53 bits per heavy atom. The van der Waals surface area contributed by atoms with Gasteiger partial charge in [-0.05, 0) is 31.5 Å². The third kappa shape index (κ3) is 4.68. The third-order valence-corrected chi connectivity index (χ3v) is 4.87. The highest BCUT2D eigenvalue weighted by Gasteiger charge is 2.27. The fraction of sp³-hybridized carbons (Fsp3) is 0.227. The summed E-state index contributed by atoms with van der Waals surface area (Å²) in [5.41, 5.74) is 1.87. The van der Waals surface area contributed by atoms with Crippen LogP contribution in [0.3, 0.4) is 0 Å². The number of halogens is 2. The fourth-order valence-corrected chi connectivity index (χ4v) is 3.12. The van der Waals surface area contributed by atoms with Crippen LogP contribution in [0.15, 0.2) is 47.0 Å². The minimum atomic E-state index is -0.847. The van der Waals surface area contributed by atoms with Crippen molar-refractivity contribution in [1.82, 2.24) is 10.1 Å². The van der Waals surface area contributed by atoms with Crippen LogP contribution in [-0.4, -0.2) is 35.6 Å². The van der Waals surface area contributed by atoms with Crippen molar-refractivity contribution in [3.05, 3.63) is 75.8 Å². The lowest BCUT2D eigenvalue weighted by Crippen LogP contribution is -2.30. The Bertz CT molecular complexity index is 1060. The van der Waals surface area contributed by atoms with Gasteiger partial charge in [-0.25, -0.2) is 9.18 Å². The van der Waals surface area contributed by atoms with E-state index in [9.17, 15) is 14.0 Å². The fourth-order valence-electron chi connectivity index (χ4n) is 2.87. The smallest absolute Gasteiger partial charge is 0.344 e. The van der Waals surface area contributed by atoms with Gasteiger partial charge in [-0.2, -0.15) is 0 Å². The van der Waals surface area contributed by atoms with Crippen LogP contribution in [0.25, 0.3) is 11.3 Å². The van der Waals surface area contributed by atoms with E-state index in [4.69, 9.17) is 20.9 Å². The van der Waals surface area contributed by atoms with Gasteiger partial charge in [0.15, 0.2) is 6.61 Å². The Kier molecular flexibility index (Phi) is 6.52. The molecule has 1 amide bonds. The number of hydrogen-bond acceptors (Lipinski definition) is 5. The third-order valence-electron chi connectivity index (χ3n) is 4.56. The van der Waals surface area contributed by atoms with E-state index in [-0.39, 0.29) is 33.5 Å². The molecule has 0 saturated carbocycles. The molecule has 30 heavy (non-hydrogen) atoms. The summed E-state index contributed by atoms with van der Waals surface area (Å²) in [7, 11) is 1.62. The Balaban J connectivity index is 1.70. The standard InChI is InChI=1S/C22H20ClFN2O4/c1-13-7-9-15(10-8-13)11-26(3)18(27)12-29-22(28)19-14(2)30-25-21(19)20-16(23)5-4-6-17(20)24/h4-10H,11-12H2,1-3H3. The molecular formula is C22H20ClFN2O4. The molecule has 8 heteroatoms. The van der Waals surface area contributed by atoms with Crippen molar-refractivity contribution < 1.29 is 23.2 Å². The lowest BCUT2D eigenvalue weighted by Gasteiger charge is -2.17. The van der Waals surface area contributed by atoms with Crippen LogP contribution >= 0.6 is 11.6 Å². The average molecular weight is 431 g/mol.